The van der Waals surface area contributed by atoms with E-state index in [1.165, 1.54) is 62.1 Å². The molecular weight excluding hydrogens is 683 g/mol. The molecule has 218 valence electrons. The van der Waals surface area contributed by atoms with Gasteiger partial charge in [0.05, 0.1) is 0 Å². The molecule has 0 spiro atoms. The van der Waals surface area contributed by atoms with Crippen molar-refractivity contribution in [1.29, 1.82) is 0 Å². The number of fused-ring (bicyclic) bond motifs is 6. The molecule has 0 amide bonds. The van der Waals surface area contributed by atoms with Crippen molar-refractivity contribution in [3.63, 3.8) is 0 Å². The van der Waals surface area contributed by atoms with Gasteiger partial charge in [-0.15, -0.1) is 0 Å². The number of hydrogen-bond donors (Lipinski definition) is 0. The Hall–Kier alpha value is -2.77. The van der Waals surface area contributed by atoms with Gasteiger partial charge >= 0.3 is 266 Å². The van der Waals surface area contributed by atoms with Crippen LogP contribution in [0.5, 0.6) is 0 Å². The van der Waals surface area contributed by atoms with Gasteiger partial charge in [-0.2, -0.15) is 0 Å². The first kappa shape index (κ1) is 29.0. The molecule has 1 fully saturated rings. The van der Waals surface area contributed by atoms with Crippen molar-refractivity contribution in [2.24, 2.45) is 11.3 Å². The molecular formula is C42H46Hf. The molecule has 0 radical (unpaired) electrons. The minimum atomic E-state index is -3.11. The van der Waals surface area contributed by atoms with Crippen molar-refractivity contribution in [2.45, 2.75) is 71.6 Å². The molecule has 2 atom stereocenters. The first-order valence-electron chi connectivity index (χ1n) is 16.3. The van der Waals surface area contributed by atoms with E-state index in [2.05, 4.69) is 143 Å². The summed E-state index contributed by atoms with van der Waals surface area (Å²) in [5.74, 6) is 0.620. The molecule has 1 heteroatoms. The maximum absolute atomic E-state index is 3.11. The Bertz CT molecular complexity index is 1690. The quantitative estimate of drug-likeness (QED) is 0.184. The van der Waals surface area contributed by atoms with Crippen LogP contribution in [0.25, 0.3) is 34.4 Å². The van der Waals surface area contributed by atoms with Crippen LogP contribution < -0.4 is 0 Å². The van der Waals surface area contributed by atoms with Gasteiger partial charge in [0.25, 0.3) is 0 Å². The van der Waals surface area contributed by atoms with Gasteiger partial charge in [0.2, 0.25) is 0 Å². The maximum atomic E-state index is 2.78. The molecule has 1 saturated heterocycles. The van der Waals surface area contributed by atoms with E-state index in [4.69, 9.17) is 0 Å². The molecule has 0 bridgehead atoms. The predicted octanol–water partition coefficient (Wildman–Crippen LogP) is 12.1. The van der Waals surface area contributed by atoms with E-state index in [1.54, 1.807) is 22.3 Å². The van der Waals surface area contributed by atoms with Gasteiger partial charge in [-0.1, -0.05) is 0 Å². The molecule has 2 aliphatic carbocycles. The normalized spacial score (nSPS) is 22.9. The summed E-state index contributed by atoms with van der Waals surface area (Å²) in [6.07, 6.45) is 6.58. The SMILES string of the molecule is Cc1cccc(C)c1-c1cccc2c1C=C1[CH]2[Hf]([CH3])([CH3])[CH]2C(=Cc3c(-c4c(C)cccc4C)cccc32)C1(C)CC(C)C. The van der Waals surface area contributed by atoms with E-state index in [-0.39, 0.29) is 5.41 Å². The minimum absolute atomic E-state index is 0.0488. The van der Waals surface area contributed by atoms with E-state index in [1.807, 2.05) is 0 Å². The number of rotatable bonds is 4. The zero-order valence-electron chi connectivity index (χ0n) is 27.5. The Morgan fingerprint density at radius 3 is 1.35 bits per heavy atom. The van der Waals surface area contributed by atoms with Crippen LogP contribution in [0.15, 0.2) is 83.9 Å². The Morgan fingerprint density at radius 1 is 0.605 bits per heavy atom. The van der Waals surface area contributed by atoms with E-state index in [0.717, 1.165) is 0 Å². The Morgan fingerprint density at radius 2 is 0.977 bits per heavy atom. The third-order valence-electron chi connectivity index (χ3n) is 11.2. The fourth-order valence-electron chi connectivity index (χ4n) is 9.66. The van der Waals surface area contributed by atoms with Gasteiger partial charge in [-0.3, -0.25) is 0 Å². The Kier molecular flexibility index (Phi) is 6.83. The third-order valence-corrected chi connectivity index (χ3v) is 26.4. The van der Waals surface area contributed by atoms with Crippen molar-refractivity contribution in [2.75, 3.05) is 0 Å². The van der Waals surface area contributed by atoms with Crippen LogP contribution in [0.3, 0.4) is 0 Å². The number of allylic oxidation sites excluding steroid dienone is 2. The fraction of sp³-hybridized carbons (Fsp3) is 0.333. The summed E-state index contributed by atoms with van der Waals surface area (Å²) in [5.41, 5.74) is 21.0. The standard InChI is InChI=1S/C40H40.2CH3.Hf/c1-25(2)24-40(7,32-20-30-16-10-18-34(36(30)22-32)38-26(3)12-8-13-27(38)4)33-21-31-17-11-19-35(37(31)23-33)39-28(5)14-9-15-29(39)6;;;/h8-23,25H,24H2,1-7H3;2*1H3;. The van der Waals surface area contributed by atoms with Crippen LogP contribution in [0.1, 0.15) is 79.0 Å². The average molecular weight is 729 g/mol. The zero-order valence-corrected chi connectivity index (χ0v) is 31.1. The molecule has 0 aromatic heterocycles. The summed E-state index contributed by atoms with van der Waals surface area (Å²) < 4.78 is 6.76. The Labute approximate surface area is 264 Å². The van der Waals surface area contributed by atoms with Gasteiger partial charge < -0.3 is 0 Å². The van der Waals surface area contributed by atoms with Gasteiger partial charge in [0.1, 0.15) is 0 Å². The van der Waals surface area contributed by atoms with Crippen LogP contribution in [-0.4, -0.2) is 0 Å². The number of aryl methyl sites for hydroxylation is 4. The van der Waals surface area contributed by atoms with Gasteiger partial charge in [0, 0.05) is 0 Å². The molecule has 4 aromatic carbocycles. The van der Waals surface area contributed by atoms with E-state index >= 15 is 0 Å². The van der Waals surface area contributed by atoms with Gasteiger partial charge in [0.15, 0.2) is 0 Å². The summed E-state index contributed by atoms with van der Waals surface area (Å²) in [4.78, 5) is 0. The van der Waals surface area contributed by atoms with Gasteiger partial charge in [-0.05, 0) is 0 Å². The van der Waals surface area contributed by atoms with Crippen molar-refractivity contribution >= 4 is 12.2 Å². The summed E-state index contributed by atoms with van der Waals surface area (Å²) in [5, 5.41) is 0. The molecule has 7 rings (SSSR count). The molecule has 1 aliphatic heterocycles. The Balaban J connectivity index is 1.49. The number of benzene rings is 4. The number of hydrogen-bond acceptors (Lipinski definition) is 0. The van der Waals surface area contributed by atoms with Crippen LogP contribution in [0.4, 0.5) is 0 Å². The second-order valence-electron chi connectivity index (χ2n) is 15.0. The fourth-order valence-corrected chi connectivity index (χ4v) is 27.1. The van der Waals surface area contributed by atoms with Crippen LogP contribution in [-0.2, 0) is 20.0 Å². The van der Waals surface area contributed by atoms with E-state index in [9.17, 15) is 0 Å². The average Bonchev–Trinajstić information content (AvgIpc) is 3.54. The molecule has 3 aliphatic rings. The second kappa shape index (κ2) is 10.1. The summed E-state index contributed by atoms with van der Waals surface area (Å²) in [6.45, 7) is 16.6. The third kappa shape index (κ3) is 4.17. The van der Waals surface area contributed by atoms with Crippen molar-refractivity contribution in [3.8, 4) is 22.3 Å². The topological polar surface area (TPSA) is 0 Å². The first-order valence-corrected chi connectivity index (χ1v) is 27.6. The van der Waals surface area contributed by atoms with Crippen molar-refractivity contribution in [3.05, 3.63) is 128 Å². The molecule has 0 saturated carbocycles. The molecule has 1 heterocycles. The summed E-state index contributed by atoms with van der Waals surface area (Å²) in [7, 11) is 0. The molecule has 4 aromatic rings. The zero-order chi connectivity index (χ0) is 30.4. The predicted molar refractivity (Wildman–Crippen MR) is 183 cm³/mol. The van der Waals surface area contributed by atoms with Crippen molar-refractivity contribution < 1.29 is 20.0 Å². The van der Waals surface area contributed by atoms with Crippen LogP contribution >= 0.6 is 0 Å². The van der Waals surface area contributed by atoms with E-state index < -0.39 is 20.0 Å². The summed E-state index contributed by atoms with van der Waals surface area (Å²) >= 11 is -3.11. The first-order chi connectivity index (χ1) is 20.4. The van der Waals surface area contributed by atoms with Crippen LogP contribution in [0, 0.1) is 39.0 Å². The molecule has 2 unspecified atom stereocenters. The van der Waals surface area contributed by atoms with E-state index in [0.29, 0.717) is 13.3 Å². The molecule has 0 N–H and O–H groups in total. The molecule has 43 heavy (non-hydrogen) atoms. The second-order valence-corrected chi connectivity index (χ2v) is 32.2. The monoisotopic (exact) mass is 730 g/mol. The van der Waals surface area contributed by atoms with Crippen molar-refractivity contribution in [1.82, 2.24) is 0 Å². The molecule has 0 nitrogen and oxygen atoms in total. The summed E-state index contributed by atoms with van der Waals surface area (Å²) in [6, 6.07) is 28.0. The van der Waals surface area contributed by atoms with Crippen LogP contribution in [0.2, 0.25) is 9.36 Å². The van der Waals surface area contributed by atoms with Gasteiger partial charge in [-0.25, -0.2) is 0 Å².